The topological polar surface area (TPSA) is 51.8 Å². The molecule has 0 radical (unpaired) electrons. The summed E-state index contributed by atoms with van der Waals surface area (Å²) in [5, 5.41) is 3.92. The first-order valence-electron chi connectivity index (χ1n) is 20.7. The lowest BCUT2D eigenvalue weighted by Gasteiger charge is -2.16. The van der Waals surface area contributed by atoms with Crippen LogP contribution in [0.3, 0.4) is 0 Å². The third kappa shape index (κ3) is 6.15. The molecule has 0 saturated carbocycles. The van der Waals surface area contributed by atoms with Crippen molar-refractivity contribution in [1.29, 1.82) is 0 Å². The summed E-state index contributed by atoms with van der Waals surface area (Å²) < 4.78 is 24.9. The highest BCUT2D eigenvalue weighted by molar-refractivity contribution is 6.17. The number of benzene rings is 9. The molecule has 0 aliphatic rings. The zero-order valence-corrected chi connectivity index (χ0v) is 31.8. The van der Waals surface area contributed by atoms with Crippen LogP contribution >= 0.6 is 0 Å². The molecule has 11 aromatic rings. The fraction of sp³-hybridized carbons (Fsp3) is 0. The van der Waals surface area contributed by atoms with Crippen molar-refractivity contribution < 1.29 is 7.16 Å². The molecule has 0 bridgehead atoms. The number of fused-ring (bicyclic) bond motifs is 4. The van der Waals surface area contributed by atoms with Gasteiger partial charge in [-0.15, -0.1) is 0 Å². The normalized spacial score (nSPS) is 11.9. The molecule has 0 N–H and O–H groups in total. The largest absolute Gasteiger partial charge is 0.455 e. The van der Waals surface area contributed by atoms with Crippen LogP contribution < -0.4 is 0 Å². The molecule has 0 aliphatic carbocycles. The Labute approximate surface area is 344 Å². The monoisotopic (exact) mass is 755 g/mol. The van der Waals surface area contributed by atoms with Crippen LogP contribution in [-0.2, 0) is 0 Å². The minimum absolute atomic E-state index is 0.325. The van der Waals surface area contributed by atoms with Crippen LogP contribution in [0.25, 0.3) is 111 Å². The lowest BCUT2D eigenvalue weighted by atomic mass is 9.90. The SMILES string of the molecule is [2H]c1ccc2oc3c(-c4ccccc4)cc([2H])c(-c4ccccc4-c4nc(-c5ccccc5)nc(-c5ccc(-c6cccc7ccccc67)c(-c6ccccc6)c5)n4)c3c2c1. The smallest absolute Gasteiger partial charge is 0.164 e. The molecule has 2 aromatic heterocycles. The van der Waals surface area contributed by atoms with Crippen molar-refractivity contribution in [3.05, 3.63) is 212 Å². The van der Waals surface area contributed by atoms with Crippen molar-refractivity contribution in [3.63, 3.8) is 0 Å². The molecule has 0 atom stereocenters. The highest BCUT2D eigenvalue weighted by atomic mass is 16.3. The van der Waals surface area contributed by atoms with E-state index in [0.29, 0.717) is 46.3 Å². The Hall–Kier alpha value is -7.95. The lowest BCUT2D eigenvalue weighted by Crippen LogP contribution is -2.01. The van der Waals surface area contributed by atoms with E-state index in [9.17, 15) is 1.37 Å². The Morgan fingerprint density at radius 2 is 0.949 bits per heavy atom. The summed E-state index contributed by atoms with van der Waals surface area (Å²) in [6.45, 7) is 0. The summed E-state index contributed by atoms with van der Waals surface area (Å²) in [5.41, 5.74) is 11.4. The first kappa shape index (κ1) is 32.2. The van der Waals surface area contributed by atoms with E-state index in [0.717, 1.165) is 66.4 Å². The summed E-state index contributed by atoms with van der Waals surface area (Å²) in [6, 6.07) is 67.8. The molecular formula is C55H35N3O. The van der Waals surface area contributed by atoms with E-state index in [-0.39, 0.29) is 0 Å². The van der Waals surface area contributed by atoms with Gasteiger partial charge >= 0.3 is 0 Å². The quantitative estimate of drug-likeness (QED) is 0.163. The van der Waals surface area contributed by atoms with E-state index in [2.05, 4.69) is 84.9 Å². The van der Waals surface area contributed by atoms with Crippen molar-refractivity contribution in [1.82, 2.24) is 15.0 Å². The van der Waals surface area contributed by atoms with Gasteiger partial charge in [0.1, 0.15) is 11.2 Å². The number of nitrogens with zero attached hydrogens (tertiary/aromatic N) is 3. The van der Waals surface area contributed by atoms with E-state index >= 15 is 0 Å². The van der Waals surface area contributed by atoms with Crippen LogP contribution in [0.5, 0.6) is 0 Å². The Kier molecular flexibility index (Phi) is 7.92. The molecular weight excluding hydrogens is 719 g/mol. The van der Waals surface area contributed by atoms with E-state index in [4.69, 9.17) is 20.7 Å². The van der Waals surface area contributed by atoms with Gasteiger partial charge < -0.3 is 4.42 Å². The predicted octanol–water partition coefficient (Wildman–Crippen LogP) is 14.6. The maximum atomic E-state index is 9.67. The summed E-state index contributed by atoms with van der Waals surface area (Å²) >= 11 is 0. The highest BCUT2D eigenvalue weighted by Crippen LogP contribution is 2.44. The van der Waals surface area contributed by atoms with Crippen LogP contribution in [0, 0.1) is 0 Å². The predicted molar refractivity (Wildman–Crippen MR) is 243 cm³/mol. The Morgan fingerprint density at radius 1 is 0.356 bits per heavy atom. The first-order valence-corrected chi connectivity index (χ1v) is 19.7. The van der Waals surface area contributed by atoms with Gasteiger partial charge in [-0.2, -0.15) is 0 Å². The van der Waals surface area contributed by atoms with Crippen LogP contribution in [0.1, 0.15) is 2.74 Å². The summed E-state index contributed by atoms with van der Waals surface area (Å²) in [6.07, 6.45) is 0. The van der Waals surface area contributed by atoms with Gasteiger partial charge in [-0.3, -0.25) is 0 Å². The molecule has 9 aromatic carbocycles. The number of hydrogen-bond acceptors (Lipinski definition) is 4. The number of furan rings is 1. The third-order valence-corrected chi connectivity index (χ3v) is 11.0. The number of rotatable bonds is 7. The zero-order chi connectivity index (χ0) is 40.9. The summed E-state index contributed by atoms with van der Waals surface area (Å²) in [4.78, 5) is 15.6. The van der Waals surface area contributed by atoms with Gasteiger partial charge in [0.15, 0.2) is 17.5 Å². The van der Waals surface area contributed by atoms with Gasteiger partial charge in [-0.1, -0.05) is 194 Å². The van der Waals surface area contributed by atoms with Gasteiger partial charge in [0.25, 0.3) is 0 Å². The molecule has 276 valence electrons. The highest BCUT2D eigenvalue weighted by Gasteiger charge is 2.22. The molecule has 0 saturated heterocycles. The van der Waals surface area contributed by atoms with Crippen LogP contribution in [0.2, 0.25) is 0 Å². The maximum absolute atomic E-state index is 9.67. The van der Waals surface area contributed by atoms with E-state index in [1.165, 1.54) is 10.8 Å². The minimum atomic E-state index is 0.325. The Balaban J connectivity index is 1.15. The van der Waals surface area contributed by atoms with E-state index in [1.807, 2.05) is 109 Å². The van der Waals surface area contributed by atoms with Gasteiger partial charge in [0.2, 0.25) is 0 Å². The average Bonchev–Trinajstić information content (AvgIpc) is 3.70. The average molecular weight is 756 g/mol. The molecule has 0 unspecified atom stereocenters. The Bertz CT molecular complexity index is 3430. The standard InChI is InChI=1S/C55H35N3O/c1-4-17-37(18-5-1)42-33-34-46(51-48-28-14-15-30-50(48)59-52(42)51)44-26-12-13-27-47(44)55-57-53(39-22-8-3-9-23-39)56-54(58-55)40-31-32-45(49(35-40)38-19-6-2-7-20-38)43-29-16-24-36-21-10-11-25-41(36)43/h1-35H/i14D,34D. The number of hydrogen-bond donors (Lipinski definition) is 0. The summed E-state index contributed by atoms with van der Waals surface area (Å²) in [5.74, 6) is 1.55. The van der Waals surface area contributed by atoms with Crippen LogP contribution in [-0.4, -0.2) is 15.0 Å². The molecule has 4 heteroatoms. The molecule has 11 rings (SSSR count). The second kappa shape index (κ2) is 14.5. The van der Waals surface area contributed by atoms with Gasteiger partial charge in [0, 0.05) is 33.0 Å². The van der Waals surface area contributed by atoms with Crippen LogP contribution in [0.15, 0.2) is 217 Å². The lowest BCUT2D eigenvalue weighted by molar-refractivity contribution is 0.670. The van der Waals surface area contributed by atoms with Crippen molar-refractivity contribution >= 4 is 32.7 Å². The maximum Gasteiger partial charge on any atom is 0.164 e. The zero-order valence-electron chi connectivity index (χ0n) is 33.8. The summed E-state index contributed by atoms with van der Waals surface area (Å²) in [7, 11) is 0. The number of aromatic nitrogens is 3. The van der Waals surface area contributed by atoms with Gasteiger partial charge in [0.05, 0.1) is 2.74 Å². The second-order valence-electron chi connectivity index (χ2n) is 14.5. The molecule has 2 heterocycles. The van der Waals surface area contributed by atoms with Gasteiger partial charge in [-0.25, -0.2) is 15.0 Å². The van der Waals surface area contributed by atoms with Crippen molar-refractivity contribution in [3.8, 4) is 78.7 Å². The molecule has 0 aliphatic heterocycles. The molecule has 0 spiro atoms. The molecule has 0 fully saturated rings. The molecule has 59 heavy (non-hydrogen) atoms. The third-order valence-electron chi connectivity index (χ3n) is 11.0. The van der Waals surface area contributed by atoms with Crippen molar-refractivity contribution in [2.45, 2.75) is 0 Å². The Morgan fingerprint density at radius 3 is 1.73 bits per heavy atom. The van der Waals surface area contributed by atoms with Crippen LogP contribution in [0.4, 0.5) is 0 Å². The number of para-hydroxylation sites is 1. The van der Waals surface area contributed by atoms with Crippen molar-refractivity contribution in [2.24, 2.45) is 0 Å². The fourth-order valence-corrected chi connectivity index (χ4v) is 8.22. The molecule has 0 amide bonds. The van der Waals surface area contributed by atoms with E-state index < -0.39 is 0 Å². The first-order chi connectivity index (χ1) is 30.1. The fourth-order valence-electron chi connectivity index (χ4n) is 8.22. The van der Waals surface area contributed by atoms with Gasteiger partial charge in [-0.05, 0) is 67.9 Å². The molecule has 4 nitrogen and oxygen atoms in total. The van der Waals surface area contributed by atoms with E-state index in [1.54, 1.807) is 6.07 Å². The second-order valence-corrected chi connectivity index (χ2v) is 14.5. The minimum Gasteiger partial charge on any atom is -0.455 e. The van der Waals surface area contributed by atoms with Crippen molar-refractivity contribution in [2.75, 3.05) is 0 Å².